The Bertz CT molecular complexity index is 929. The van der Waals surface area contributed by atoms with E-state index in [1.54, 1.807) is 18.2 Å². The molecule has 0 spiro atoms. The molecule has 108 valence electrons. The van der Waals surface area contributed by atoms with Crippen LogP contribution in [0.2, 0.25) is 5.02 Å². The van der Waals surface area contributed by atoms with Crippen molar-refractivity contribution in [2.75, 3.05) is 0 Å². The van der Waals surface area contributed by atoms with Crippen LogP contribution in [0.4, 0.5) is 5.82 Å². The molecule has 0 atom stereocenters. The van der Waals surface area contributed by atoms with Crippen LogP contribution in [0.5, 0.6) is 11.6 Å². The van der Waals surface area contributed by atoms with E-state index in [0.717, 1.165) is 0 Å². The molecule has 0 aliphatic rings. The van der Waals surface area contributed by atoms with Gasteiger partial charge in [-0.1, -0.05) is 17.7 Å². The van der Waals surface area contributed by atoms with Crippen molar-refractivity contribution in [2.24, 2.45) is 0 Å². The average molecular weight is 315 g/mol. The molecule has 0 bridgehead atoms. The highest BCUT2D eigenvalue weighted by molar-refractivity contribution is 6.32. The Hall–Kier alpha value is -3.11. The second kappa shape index (κ2) is 5.35. The Morgan fingerprint density at radius 2 is 2.18 bits per heavy atom. The van der Waals surface area contributed by atoms with Crippen molar-refractivity contribution in [3.05, 3.63) is 63.3 Å². The van der Waals surface area contributed by atoms with E-state index >= 15 is 0 Å². The number of fused-ring (bicyclic) bond motifs is 1. The standard InChI is InChI=1S/C14H7ClN4O3/c15-10-7-9(8-16)4-5-11(10)22-13-14(19(20)21)18-6-2-1-3-12(18)17-13/h1-7H. The zero-order chi connectivity index (χ0) is 15.7. The lowest BCUT2D eigenvalue weighted by atomic mass is 10.2. The van der Waals surface area contributed by atoms with E-state index < -0.39 is 4.92 Å². The molecule has 3 rings (SSSR count). The van der Waals surface area contributed by atoms with Crippen LogP contribution in [0.1, 0.15) is 5.56 Å². The van der Waals surface area contributed by atoms with E-state index in [9.17, 15) is 10.1 Å². The first kappa shape index (κ1) is 13.9. The van der Waals surface area contributed by atoms with Gasteiger partial charge in [0.15, 0.2) is 0 Å². The predicted octanol–water partition coefficient (Wildman–Crippen LogP) is 3.56. The van der Waals surface area contributed by atoms with Gasteiger partial charge in [0.2, 0.25) is 5.65 Å². The first-order chi connectivity index (χ1) is 10.6. The molecule has 22 heavy (non-hydrogen) atoms. The van der Waals surface area contributed by atoms with Gasteiger partial charge in [-0.3, -0.25) is 0 Å². The van der Waals surface area contributed by atoms with Crippen LogP contribution < -0.4 is 4.74 Å². The quantitative estimate of drug-likeness (QED) is 0.544. The minimum absolute atomic E-state index is 0.164. The summed E-state index contributed by atoms with van der Waals surface area (Å²) in [7, 11) is 0. The normalized spacial score (nSPS) is 10.4. The Balaban J connectivity index is 2.09. The third-order valence-corrected chi connectivity index (χ3v) is 3.21. The number of benzene rings is 1. The lowest BCUT2D eigenvalue weighted by Gasteiger charge is -2.04. The fourth-order valence-electron chi connectivity index (χ4n) is 1.95. The molecule has 2 heterocycles. The summed E-state index contributed by atoms with van der Waals surface area (Å²) < 4.78 is 6.78. The van der Waals surface area contributed by atoms with Crippen molar-refractivity contribution in [2.45, 2.75) is 0 Å². The molecule has 7 nitrogen and oxygen atoms in total. The van der Waals surface area contributed by atoms with E-state index in [1.165, 1.54) is 28.8 Å². The fraction of sp³-hybridized carbons (Fsp3) is 0. The highest BCUT2D eigenvalue weighted by Gasteiger charge is 2.25. The zero-order valence-electron chi connectivity index (χ0n) is 10.9. The molecule has 0 radical (unpaired) electrons. The first-order valence-corrected chi connectivity index (χ1v) is 6.47. The number of nitrogens with zero attached hydrogens (tertiary/aromatic N) is 4. The Kier molecular flexibility index (Phi) is 3.37. The van der Waals surface area contributed by atoms with E-state index in [1.807, 2.05) is 6.07 Å². The highest BCUT2D eigenvalue weighted by Crippen LogP contribution is 2.35. The molecule has 0 aliphatic carbocycles. The van der Waals surface area contributed by atoms with Crippen molar-refractivity contribution in [3.8, 4) is 17.7 Å². The molecular weight excluding hydrogens is 308 g/mol. The van der Waals surface area contributed by atoms with Crippen LogP contribution in [-0.4, -0.2) is 14.3 Å². The summed E-state index contributed by atoms with van der Waals surface area (Å²) in [6, 6.07) is 11.3. The molecule has 0 saturated carbocycles. The van der Waals surface area contributed by atoms with Crippen molar-refractivity contribution >= 4 is 23.1 Å². The smallest absolute Gasteiger partial charge is 0.392 e. The topological polar surface area (TPSA) is 93.5 Å². The molecule has 0 amide bonds. The van der Waals surface area contributed by atoms with Gasteiger partial charge in [-0.2, -0.15) is 14.6 Å². The second-order valence-corrected chi connectivity index (χ2v) is 4.69. The third kappa shape index (κ3) is 2.32. The van der Waals surface area contributed by atoms with Crippen LogP contribution in [0.15, 0.2) is 42.6 Å². The van der Waals surface area contributed by atoms with Crippen LogP contribution in [0.25, 0.3) is 5.65 Å². The molecule has 1 aromatic carbocycles. The zero-order valence-corrected chi connectivity index (χ0v) is 11.7. The molecule has 3 aromatic rings. The molecule has 0 N–H and O–H groups in total. The lowest BCUT2D eigenvalue weighted by Crippen LogP contribution is -1.96. The monoisotopic (exact) mass is 314 g/mol. The van der Waals surface area contributed by atoms with Gasteiger partial charge in [0.1, 0.15) is 5.75 Å². The Morgan fingerprint density at radius 3 is 2.86 bits per heavy atom. The summed E-state index contributed by atoms with van der Waals surface area (Å²) in [5.41, 5.74) is 0.746. The number of nitro groups is 1. The van der Waals surface area contributed by atoms with Crippen LogP contribution in [0, 0.1) is 21.4 Å². The van der Waals surface area contributed by atoms with Gasteiger partial charge in [0.05, 0.1) is 22.9 Å². The minimum Gasteiger partial charge on any atom is -0.431 e. The van der Waals surface area contributed by atoms with Crippen molar-refractivity contribution < 1.29 is 9.66 Å². The van der Waals surface area contributed by atoms with Crippen molar-refractivity contribution in [1.29, 1.82) is 5.26 Å². The molecule has 2 aromatic heterocycles. The van der Waals surface area contributed by atoms with Crippen LogP contribution in [-0.2, 0) is 0 Å². The summed E-state index contributed by atoms with van der Waals surface area (Å²) in [4.78, 5) is 14.8. The Morgan fingerprint density at radius 1 is 1.36 bits per heavy atom. The summed E-state index contributed by atoms with van der Waals surface area (Å²) in [5, 5.41) is 20.2. The molecule has 0 fully saturated rings. The molecule has 8 heteroatoms. The maximum atomic E-state index is 11.3. The lowest BCUT2D eigenvalue weighted by molar-refractivity contribution is -0.391. The van der Waals surface area contributed by atoms with Crippen molar-refractivity contribution in [1.82, 2.24) is 9.38 Å². The van der Waals surface area contributed by atoms with Gasteiger partial charge < -0.3 is 14.9 Å². The maximum absolute atomic E-state index is 11.3. The van der Waals surface area contributed by atoms with Crippen molar-refractivity contribution in [3.63, 3.8) is 0 Å². The van der Waals surface area contributed by atoms with Crippen LogP contribution in [0.3, 0.4) is 0 Å². The van der Waals surface area contributed by atoms with Gasteiger partial charge in [0.25, 0.3) is 0 Å². The number of hydrogen-bond acceptors (Lipinski definition) is 5. The maximum Gasteiger partial charge on any atom is 0.392 e. The first-order valence-electron chi connectivity index (χ1n) is 6.09. The van der Waals surface area contributed by atoms with Gasteiger partial charge in [0, 0.05) is 6.07 Å². The second-order valence-electron chi connectivity index (χ2n) is 4.29. The van der Waals surface area contributed by atoms with Gasteiger partial charge in [-0.15, -0.1) is 0 Å². The summed E-state index contributed by atoms with van der Waals surface area (Å²) in [5.74, 6) is -0.272. The average Bonchev–Trinajstić information content (AvgIpc) is 2.87. The minimum atomic E-state index is -0.577. The van der Waals surface area contributed by atoms with E-state index in [0.29, 0.717) is 11.2 Å². The Labute approximate surface area is 129 Å². The van der Waals surface area contributed by atoms with Gasteiger partial charge >= 0.3 is 11.7 Å². The largest absolute Gasteiger partial charge is 0.431 e. The van der Waals surface area contributed by atoms with Crippen LogP contribution >= 0.6 is 11.6 Å². The fourth-order valence-corrected chi connectivity index (χ4v) is 2.17. The number of hydrogen-bond donors (Lipinski definition) is 0. The molecule has 0 aliphatic heterocycles. The van der Waals surface area contributed by atoms with Gasteiger partial charge in [-0.25, -0.2) is 0 Å². The number of ether oxygens (including phenoxy) is 1. The van der Waals surface area contributed by atoms with E-state index in [4.69, 9.17) is 21.6 Å². The number of halogens is 1. The van der Waals surface area contributed by atoms with E-state index in [2.05, 4.69) is 4.98 Å². The number of pyridine rings is 1. The van der Waals surface area contributed by atoms with E-state index in [-0.39, 0.29) is 22.5 Å². The number of imidazole rings is 1. The highest BCUT2D eigenvalue weighted by atomic mass is 35.5. The summed E-state index contributed by atoms with van der Waals surface area (Å²) >= 11 is 6.01. The summed E-state index contributed by atoms with van der Waals surface area (Å²) in [6.45, 7) is 0. The molecule has 0 unspecified atom stereocenters. The SMILES string of the molecule is N#Cc1ccc(Oc2nc3ccccn3c2[N+](=O)[O-])c(Cl)c1. The number of nitriles is 1. The summed E-state index contributed by atoms with van der Waals surface area (Å²) in [6.07, 6.45) is 1.52. The number of aromatic nitrogens is 2. The predicted molar refractivity (Wildman–Crippen MR) is 78.1 cm³/mol. The molecule has 0 saturated heterocycles. The molecular formula is C14H7ClN4O3. The number of rotatable bonds is 3. The third-order valence-electron chi connectivity index (χ3n) is 2.91. The van der Waals surface area contributed by atoms with Gasteiger partial charge in [-0.05, 0) is 29.2 Å².